The van der Waals surface area contributed by atoms with Crippen molar-refractivity contribution >= 4 is 0 Å². The summed E-state index contributed by atoms with van der Waals surface area (Å²) in [6.07, 6.45) is 1.53. The Labute approximate surface area is 161 Å². The quantitative estimate of drug-likeness (QED) is 0.832. The fraction of sp³-hybridized carbons (Fsp3) is 0.400. The Bertz CT molecular complexity index is 593. The zero-order valence-corrected chi connectivity index (χ0v) is 15.5. The summed E-state index contributed by atoms with van der Waals surface area (Å²) in [7, 11) is 0. The zero-order chi connectivity index (χ0) is 16.6. The van der Waals surface area contributed by atoms with E-state index in [0.717, 1.165) is 18.6 Å². The molecule has 2 unspecified atom stereocenters. The van der Waals surface area contributed by atoms with Gasteiger partial charge in [-0.15, -0.1) is 5.56 Å². The summed E-state index contributed by atoms with van der Waals surface area (Å²) < 4.78 is 17.1. The predicted octanol–water partition coefficient (Wildman–Crippen LogP) is 2.74. The van der Waals surface area contributed by atoms with Gasteiger partial charge in [0.15, 0.2) is 0 Å². The van der Waals surface area contributed by atoms with Crippen LogP contribution in [-0.2, 0) is 46.0 Å². The Morgan fingerprint density at radius 3 is 2.48 bits per heavy atom. The smallest absolute Gasteiger partial charge is 0.112 e. The van der Waals surface area contributed by atoms with Gasteiger partial charge < -0.3 is 19.3 Å². The maximum absolute atomic E-state index is 8.52. The third-order valence-corrected chi connectivity index (χ3v) is 4.20. The second kappa shape index (κ2) is 10.8. The molecule has 2 aromatic rings. The minimum absolute atomic E-state index is 0. The topological polar surface area (TPSA) is 47.9 Å². The Morgan fingerprint density at radius 1 is 1.04 bits per heavy atom. The molecule has 0 saturated carbocycles. The molecule has 25 heavy (non-hydrogen) atoms. The molecule has 2 aliphatic heterocycles. The summed E-state index contributed by atoms with van der Waals surface area (Å²) in [5.74, 6) is 0. The summed E-state index contributed by atoms with van der Waals surface area (Å²) in [6.45, 7) is 2.23. The molecular weight excluding hydrogens is 355 g/mol. The van der Waals surface area contributed by atoms with E-state index in [1.54, 1.807) is 12.1 Å². The van der Waals surface area contributed by atoms with Gasteiger partial charge in [-0.1, -0.05) is 30.3 Å². The Hall–Kier alpha value is -1.14. The van der Waals surface area contributed by atoms with Gasteiger partial charge in [0.2, 0.25) is 0 Å². The average Bonchev–Trinajstić information content (AvgIpc) is 3.26. The second-order valence-corrected chi connectivity index (χ2v) is 5.90. The molecule has 5 heteroatoms. The molecule has 0 aromatic heterocycles. The van der Waals surface area contributed by atoms with Gasteiger partial charge in [0.25, 0.3) is 0 Å². The minimum atomic E-state index is 0. The van der Waals surface area contributed by atoms with Crippen molar-refractivity contribution in [3.63, 3.8) is 0 Å². The van der Waals surface area contributed by atoms with Crippen molar-refractivity contribution in [2.45, 2.75) is 37.9 Å². The number of aliphatic hydroxyl groups excluding tert-OH is 1. The third-order valence-electron chi connectivity index (χ3n) is 4.20. The summed E-state index contributed by atoms with van der Waals surface area (Å²) in [4.78, 5) is 0. The molecule has 3 atom stereocenters. The van der Waals surface area contributed by atoms with E-state index in [2.05, 4.69) is 18.2 Å². The SMILES string of the molecule is OCc1cc[c-]cc1.[V].c1ccc(COC2CO[C@@H]3CCOC23)cc1. The standard InChI is InChI=1S/C13H16O3.C7H7O.V/c1-2-4-10(5-3-1)8-15-12-9-16-11-6-7-14-13(11)12;8-6-7-4-2-1-3-5-7;/h1-5,11-13H,6-9H2;2-5,8H,6H2;/q;-1;/t11-,12?,13?;;/m1../s1. The van der Waals surface area contributed by atoms with Crippen molar-refractivity contribution in [2.24, 2.45) is 0 Å². The van der Waals surface area contributed by atoms with Crippen LogP contribution in [0.1, 0.15) is 17.5 Å². The van der Waals surface area contributed by atoms with Crippen molar-refractivity contribution in [3.8, 4) is 0 Å². The fourth-order valence-electron chi connectivity index (χ4n) is 2.88. The average molecular weight is 378 g/mol. The normalized spacial score (nSPS) is 24.0. The summed E-state index contributed by atoms with van der Waals surface area (Å²) in [6, 6.07) is 20.3. The monoisotopic (exact) mass is 378 g/mol. The van der Waals surface area contributed by atoms with Crippen molar-refractivity contribution in [1.29, 1.82) is 0 Å². The predicted molar refractivity (Wildman–Crippen MR) is 90.3 cm³/mol. The number of benzene rings is 2. The van der Waals surface area contributed by atoms with E-state index < -0.39 is 0 Å². The van der Waals surface area contributed by atoms with Gasteiger partial charge in [0, 0.05) is 31.8 Å². The molecule has 1 N–H and O–H groups in total. The number of aliphatic hydroxyl groups is 1. The molecule has 0 amide bonds. The molecule has 0 aliphatic carbocycles. The zero-order valence-electron chi connectivity index (χ0n) is 14.1. The first kappa shape index (κ1) is 20.2. The number of rotatable bonds is 4. The van der Waals surface area contributed by atoms with Crippen molar-refractivity contribution in [2.75, 3.05) is 13.2 Å². The second-order valence-electron chi connectivity index (χ2n) is 5.90. The molecular formula is C20H23O4V-. The van der Waals surface area contributed by atoms with Crippen LogP contribution in [0.25, 0.3) is 0 Å². The van der Waals surface area contributed by atoms with E-state index in [1.807, 2.05) is 30.3 Å². The largest absolute Gasteiger partial charge is 0.394 e. The maximum Gasteiger partial charge on any atom is 0.112 e. The van der Waals surface area contributed by atoms with Crippen molar-refractivity contribution in [3.05, 3.63) is 71.8 Å². The van der Waals surface area contributed by atoms with Crippen LogP contribution in [0.2, 0.25) is 0 Å². The molecule has 0 spiro atoms. The molecule has 2 fully saturated rings. The van der Waals surface area contributed by atoms with E-state index in [-0.39, 0.29) is 43.5 Å². The molecule has 1 radical (unpaired) electrons. The van der Waals surface area contributed by atoms with E-state index in [4.69, 9.17) is 19.3 Å². The first-order chi connectivity index (χ1) is 11.9. The van der Waals surface area contributed by atoms with E-state index in [1.165, 1.54) is 5.56 Å². The van der Waals surface area contributed by atoms with Crippen LogP contribution in [0.5, 0.6) is 0 Å². The van der Waals surface area contributed by atoms with Gasteiger partial charge in [-0.25, -0.2) is 0 Å². The third kappa shape index (κ3) is 5.96. The minimum Gasteiger partial charge on any atom is -0.394 e. The van der Waals surface area contributed by atoms with Crippen LogP contribution in [0.15, 0.2) is 54.6 Å². The number of hydrogen-bond donors (Lipinski definition) is 1. The Morgan fingerprint density at radius 2 is 1.80 bits per heavy atom. The number of ether oxygens (including phenoxy) is 3. The van der Waals surface area contributed by atoms with E-state index in [9.17, 15) is 0 Å². The Kier molecular flexibility index (Phi) is 8.69. The van der Waals surface area contributed by atoms with E-state index >= 15 is 0 Å². The summed E-state index contributed by atoms with van der Waals surface area (Å²) in [5.41, 5.74) is 2.13. The molecule has 2 heterocycles. The van der Waals surface area contributed by atoms with Gasteiger partial charge in [-0.3, -0.25) is 0 Å². The molecule has 2 aromatic carbocycles. The van der Waals surface area contributed by atoms with Gasteiger partial charge >= 0.3 is 0 Å². The Balaban J connectivity index is 0.000000214. The van der Waals surface area contributed by atoms with Crippen LogP contribution in [-0.4, -0.2) is 36.6 Å². The molecule has 2 aliphatic rings. The summed E-state index contributed by atoms with van der Waals surface area (Å²) in [5, 5.41) is 8.52. The number of hydrogen-bond acceptors (Lipinski definition) is 4. The first-order valence-corrected chi connectivity index (χ1v) is 8.31. The summed E-state index contributed by atoms with van der Waals surface area (Å²) >= 11 is 0. The van der Waals surface area contributed by atoms with E-state index in [0.29, 0.717) is 13.2 Å². The maximum atomic E-state index is 8.52. The molecule has 2 saturated heterocycles. The fourth-order valence-corrected chi connectivity index (χ4v) is 2.88. The van der Waals surface area contributed by atoms with Gasteiger partial charge in [0.05, 0.1) is 19.3 Å². The molecule has 133 valence electrons. The molecule has 4 rings (SSSR count). The molecule has 0 bridgehead atoms. The molecule has 4 nitrogen and oxygen atoms in total. The van der Waals surface area contributed by atoms with Crippen LogP contribution in [0.4, 0.5) is 0 Å². The number of fused-ring (bicyclic) bond motifs is 1. The van der Waals surface area contributed by atoms with Gasteiger partial charge in [-0.2, -0.15) is 30.3 Å². The van der Waals surface area contributed by atoms with Crippen LogP contribution in [0, 0.1) is 6.07 Å². The van der Waals surface area contributed by atoms with Crippen LogP contribution in [0.3, 0.4) is 0 Å². The van der Waals surface area contributed by atoms with Crippen LogP contribution >= 0.6 is 0 Å². The first-order valence-electron chi connectivity index (χ1n) is 8.31. The van der Waals surface area contributed by atoms with Gasteiger partial charge in [-0.05, 0) is 12.0 Å². The van der Waals surface area contributed by atoms with Crippen LogP contribution < -0.4 is 0 Å². The van der Waals surface area contributed by atoms with Crippen molar-refractivity contribution in [1.82, 2.24) is 0 Å². The van der Waals surface area contributed by atoms with Crippen molar-refractivity contribution < 1.29 is 37.9 Å². The van der Waals surface area contributed by atoms with Gasteiger partial charge in [0.1, 0.15) is 12.2 Å².